The third kappa shape index (κ3) is 4.79. The zero-order chi connectivity index (χ0) is 15.2. The Morgan fingerprint density at radius 1 is 1.32 bits per heavy atom. The molecule has 1 unspecified atom stereocenters. The fourth-order valence-corrected chi connectivity index (χ4v) is 2.04. The topological polar surface area (TPSA) is 66.9 Å². The van der Waals surface area contributed by atoms with Crippen molar-refractivity contribution < 1.29 is 4.79 Å². The van der Waals surface area contributed by atoms with Crippen molar-refractivity contribution in [3.05, 3.63) is 42.4 Å². The number of amides is 1. The Morgan fingerprint density at radius 3 is 2.77 bits per heavy atom. The number of carbonyl (C=O) groups excluding carboxylic acids is 1. The first-order chi connectivity index (χ1) is 10.1. The fourth-order valence-electron chi connectivity index (χ4n) is 2.04. The van der Waals surface area contributed by atoms with E-state index in [4.69, 9.17) is 0 Å². The molecule has 0 aliphatic heterocycles. The molecule has 6 heteroatoms. The minimum atomic E-state index is -0.0834. The summed E-state index contributed by atoms with van der Waals surface area (Å²) >= 11 is 0. The molecule has 0 bridgehead atoms. The van der Waals surface area contributed by atoms with Crippen LogP contribution < -0.4 is 10.6 Å². The van der Waals surface area contributed by atoms with E-state index in [0.29, 0.717) is 6.54 Å². The Labute approximate surface area is 137 Å². The van der Waals surface area contributed by atoms with Gasteiger partial charge in [0.25, 0.3) is 0 Å². The van der Waals surface area contributed by atoms with Gasteiger partial charge in [0.2, 0.25) is 5.91 Å². The zero-order valence-electron chi connectivity index (χ0n) is 13.0. The van der Waals surface area contributed by atoms with Gasteiger partial charge >= 0.3 is 0 Å². The largest absolute Gasteiger partial charge is 0.326 e. The highest BCUT2D eigenvalue weighted by molar-refractivity contribution is 5.93. The molecule has 0 aliphatic carbocycles. The summed E-state index contributed by atoms with van der Waals surface area (Å²) in [5.41, 5.74) is 2.58. The van der Waals surface area contributed by atoms with Crippen molar-refractivity contribution in [2.75, 3.05) is 18.9 Å². The summed E-state index contributed by atoms with van der Waals surface area (Å²) < 4.78 is 0. The van der Waals surface area contributed by atoms with Gasteiger partial charge in [-0.05, 0) is 32.2 Å². The van der Waals surface area contributed by atoms with Gasteiger partial charge in [-0.1, -0.05) is 19.1 Å². The normalized spacial score (nSPS) is 11.4. The SMILES string of the molecule is CNCC(C)C(=O)Nc1cccc(-c2ccnc(C)n2)c1.Cl. The highest BCUT2D eigenvalue weighted by atomic mass is 35.5. The van der Waals surface area contributed by atoms with Crippen molar-refractivity contribution in [3.8, 4) is 11.3 Å². The van der Waals surface area contributed by atoms with Crippen molar-refractivity contribution in [2.24, 2.45) is 5.92 Å². The van der Waals surface area contributed by atoms with Gasteiger partial charge in [-0.3, -0.25) is 4.79 Å². The van der Waals surface area contributed by atoms with Crippen LogP contribution in [0.2, 0.25) is 0 Å². The maximum Gasteiger partial charge on any atom is 0.228 e. The summed E-state index contributed by atoms with van der Waals surface area (Å²) in [6.45, 7) is 4.40. The van der Waals surface area contributed by atoms with Gasteiger partial charge < -0.3 is 10.6 Å². The molecule has 22 heavy (non-hydrogen) atoms. The number of rotatable bonds is 5. The van der Waals surface area contributed by atoms with E-state index >= 15 is 0 Å². The van der Waals surface area contributed by atoms with Crippen LogP contribution in [-0.4, -0.2) is 29.5 Å². The summed E-state index contributed by atoms with van der Waals surface area (Å²) in [5.74, 6) is 0.643. The lowest BCUT2D eigenvalue weighted by molar-refractivity contribution is -0.119. The number of aromatic nitrogens is 2. The first kappa shape index (κ1) is 18.1. The lowest BCUT2D eigenvalue weighted by atomic mass is 10.1. The molecule has 1 aromatic carbocycles. The maximum absolute atomic E-state index is 12.0. The molecule has 1 amide bonds. The Bertz CT molecular complexity index is 633. The van der Waals surface area contributed by atoms with Crippen LogP contribution in [0.1, 0.15) is 12.7 Å². The number of nitrogens with zero attached hydrogens (tertiary/aromatic N) is 2. The standard InChI is InChI=1S/C16H20N4O.ClH/c1-11(10-17-3)16(21)20-14-6-4-5-13(9-14)15-7-8-18-12(2)19-15;/h4-9,11,17H,10H2,1-3H3,(H,20,21);1H. The van der Waals surface area contributed by atoms with E-state index < -0.39 is 0 Å². The number of hydrogen-bond donors (Lipinski definition) is 2. The molecule has 1 aromatic heterocycles. The first-order valence-corrected chi connectivity index (χ1v) is 6.95. The molecule has 0 fully saturated rings. The molecule has 0 spiro atoms. The molecular weight excluding hydrogens is 300 g/mol. The fraction of sp³-hybridized carbons (Fsp3) is 0.312. The number of anilines is 1. The molecule has 5 nitrogen and oxygen atoms in total. The quantitative estimate of drug-likeness (QED) is 0.889. The number of hydrogen-bond acceptors (Lipinski definition) is 4. The summed E-state index contributed by atoms with van der Waals surface area (Å²) in [7, 11) is 1.84. The van der Waals surface area contributed by atoms with Crippen molar-refractivity contribution in [1.29, 1.82) is 0 Å². The van der Waals surface area contributed by atoms with E-state index in [1.165, 1.54) is 0 Å². The average Bonchev–Trinajstić information content (AvgIpc) is 2.48. The maximum atomic E-state index is 12.0. The molecule has 0 saturated carbocycles. The van der Waals surface area contributed by atoms with Crippen LogP contribution in [0.5, 0.6) is 0 Å². The summed E-state index contributed by atoms with van der Waals surface area (Å²) in [4.78, 5) is 20.5. The molecule has 1 heterocycles. The second kappa shape index (κ2) is 8.46. The highest BCUT2D eigenvalue weighted by Crippen LogP contribution is 2.21. The molecule has 118 valence electrons. The Morgan fingerprint density at radius 2 is 2.09 bits per heavy atom. The van der Waals surface area contributed by atoms with Gasteiger partial charge in [0.1, 0.15) is 5.82 Å². The van der Waals surface area contributed by atoms with E-state index in [1.807, 2.05) is 51.2 Å². The van der Waals surface area contributed by atoms with Crippen LogP contribution in [0.25, 0.3) is 11.3 Å². The Balaban J connectivity index is 0.00000242. The van der Waals surface area contributed by atoms with Crippen LogP contribution >= 0.6 is 12.4 Å². The lowest BCUT2D eigenvalue weighted by Crippen LogP contribution is -2.28. The van der Waals surface area contributed by atoms with Crippen LogP contribution in [-0.2, 0) is 4.79 Å². The summed E-state index contributed by atoms with van der Waals surface area (Å²) in [6.07, 6.45) is 1.73. The minimum absolute atomic E-state index is 0. The summed E-state index contributed by atoms with van der Waals surface area (Å²) in [6, 6.07) is 9.53. The van der Waals surface area contributed by atoms with Gasteiger partial charge in [-0.25, -0.2) is 9.97 Å². The highest BCUT2D eigenvalue weighted by Gasteiger charge is 2.12. The summed E-state index contributed by atoms with van der Waals surface area (Å²) in [5, 5.41) is 5.93. The monoisotopic (exact) mass is 320 g/mol. The van der Waals surface area contributed by atoms with Crippen molar-refractivity contribution >= 4 is 24.0 Å². The second-order valence-electron chi connectivity index (χ2n) is 5.02. The van der Waals surface area contributed by atoms with Gasteiger partial charge in [0.15, 0.2) is 0 Å². The van der Waals surface area contributed by atoms with E-state index in [9.17, 15) is 4.79 Å². The molecule has 0 radical (unpaired) electrons. The molecule has 2 rings (SSSR count). The molecule has 1 atom stereocenters. The second-order valence-corrected chi connectivity index (χ2v) is 5.02. The average molecular weight is 321 g/mol. The molecule has 0 aliphatic rings. The van der Waals surface area contributed by atoms with Crippen LogP contribution in [0.4, 0.5) is 5.69 Å². The van der Waals surface area contributed by atoms with Crippen molar-refractivity contribution in [1.82, 2.24) is 15.3 Å². The smallest absolute Gasteiger partial charge is 0.228 e. The van der Waals surface area contributed by atoms with E-state index in [2.05, 4.69) is 20.6 Å². The minimum Gasteiger partial charge on any atom is -0.326 e. The molecular formula is C16H21ClN4O. The number of aryl methyl sites for hydroxylation is 1. The van der Waals surface area contributed by atoms with Crippen molar-refractivity contribution in [3.63, 3.8) is 0 Å². The van der Waals surface area contributed by atoms with Gasteiger partial charge in [-0.15, -0.1) is 12.4 Å². The lowest BCUT2D eigenvalue weighted by Gasteiger charge is -2.12. The third-order valence-corrected chi connectivity index (χ3v) is 3.16. The van der Waals surface area contributed by atoms with Gasteiger partial charge in [0.05, 0.1) is 5.69 Å². The van der Waals surface area contributed by atoms with E-state index in [0.717, 1.165) is 22.8 Å². The van der Waals surface area contributed by atoms with Gasteiger partial charge in [0, 0.05) is 29.9 Å². The molecule has 2 N–H and O–H groups in total. The van der Waals surface area contributed by atoms with E-state index in [-0.39, 0.29) is 24.2 Å². The number of halogens is 1. The number of nitrogens with one attached hydrogen (secondary N) is 2. The number of carbonyl (C=O) groups is 1. The predicted octanol–water partition coefficient (Wildman–Crippen LogP) is 2.67. The first-order valence-electron chi connectivity index (χ1n) is 6.95. The Hall–Kier alpha value is -1.98. The Kier molecular flexibility index (Phi) is 6.95. The van der Waals surface area contributed by atoms with E-state index in [1.54, 1.807) is 6.20 Å². The van der Waals surface area contributed by atoms with Crippen molar-refractivity contribution in [2.45, 2.75) is 13.8 Å². The molecule has 2 aromatic rings. The van der Waals surface area contributed by atoms with Gasteiger partial charge in [-0.2, -0.15) is 0 Å². The van der Waals surface area contributed by atoms with Crippen LogP contribution in [0, 0.1) is 12.8 Å². The van der Waals surface area contributed by atoms with Crippen LogP contribution in [0.3, 0.4) is 0 Å². The molecule has 0 saturated heterocycles. The predicted molar refractivity (Wildman–Crippen MR) is 91.2 cm³/mol. The number of benzene rings is 1. The zero-order valence-corrected chi connectivity index (χ0v) is 13.8. The third-order valence-electron chi connectivity index (χ3n) is 3.16. The van der Waals surface area contributed by atoms with Crippen LogP contribution in [0.15, 0.2) is 36.5 Å².